The van der Waals surface area contributed by atoms with Gasteiger partial charge in [0.15, 0.2) is 0 Å². The predicted octanol–water partition coefficient (Wildman–Crippen LogP) is 0.589. The number of carbonyl (C=O) groups is 1. The molecule has 1 aromatic carbocycles. The molecule has 2 rings (SSSR count). The van der Waals surface area contributed by atoms with Crippen molar-refractivity contribution in [1.82, 2.24) is 5.16 Å². The van der Waals surface area contributed by atoms with Gasteiger partial charge in [0.25, 0.3) is 0 Å². The van der Waals surface area contributed by atoms with Crippen molar-refractivity contribution < 1.29 is 14.4 Å². The van der Waals surface area contributed by atoms with Crippen LogP contribution < -0.4 is 11.4 Å². The van der Waals surface area contributed by atoms with E-state index in [1.807, 2.05) is 18.2 Å². The number of carboxylic acid groups (broad SMARTS) is 1. The molecule has 0 amide bonds. The van der Waals surface area contributed by atoms with E-state index in [0.717, 1.165) is 5.56 Å². The second-order valence-corrected chi connectivity index (χ2v) is 3.86. The Balaban J connectivity index is 2.40. The minimum Gasteiger partial charge on any atom is -0.480 e. The van der Waals surface area contributed by atoms with Crippen molar-refractivity contribution >= 4 is 5.97 Å². The molecule has 6 nitrogen and oxygen atoms in total. The molecule has 0 aliphatic carbocycles. The lowest BCUT2D eigenvalue weighted by molar-refractivity contribution is -0.138. The Kier molecular flexibility index (Phi) is 3.29. The lowest BCUT2D eigenvalue weighted by Gasteiger charge is -2.05. The average molecular weight is 248 g/mol. The lowest BCUT2D eigenvalue weighted by Crippen LogP contribution is -2.33. The standard InChI is InChI=1S/C12H12N2O4/c13-9(11(15)16)6-8-10(14-18-12(8)17)7-4-2-1-3-5-7/h1-5,9,14H,6,13H2,(H,15,16). The van der Waals surface area contributed by atoms with Crippen LogP contribution in [0.4, 0.5) is 0 Å². The van der Waals surface area contributed by atoms with Crippen LogP contribution in [0.2, 0.25) is 0 Å². The van der Waals surface area contributed by atoms with Crippen molar-refractivity contribution in [3.63, 3.8) is 0 Å². The Morgan fingerprint density at radius 2 is 2.06 bits per heavy atom. The van der Waals surface area contributed by atoms with E-state index in [-0.39, 0.29) is 12.0 Å². The van der Waals surface area contributed by atoms with Gasteiger partial charge in [-0.15, -0.1) is 0 Å². The molecule has 0 bridgehead atoms. The maximum atomic E-state index is 11.5. The highest BCUT2D eigenvalue weighted by Crippen LogP contribution is 2.19. The van der Waals surface area contributed by atoms with Gasteiger partial charge in [-0.05, 0) is 0 Å². The number of aromatic nitrogens is 1. The molecule has 1 atom stereocenters. The number of rotatable bonds is 4. The zero-order chi connectivity index (χ0) is 13.1. The number of hydrogen-bond acceptors (Lipinski definition) is 4. The van der Waals surface area contributed by atoms with Crippen LogP contribution in [-0.4, -0.2) is 22.3 Å². The molecule has 94 valence electrons. The monoisotopic (exact) mass is 248 g/mol. The van der Waals surface area contributed by atoms with E-state index in [1.165, 1.54) is 0 Å². The maximum Gasteiger partial charge on any atom is 0.361 e. The van der Waals surface area contributed by atoms with Crippen LogP contribution >= 0.6 is 0 Å². The van der Waals surface area contributed by atoms with Gasteiger partial charge in [-0.2, -0.15) is 0 Å². The number of nitrogens with two attached hydrogens (primary N) is 1. The van der Waals surface area contributed by atoms with Crippen LogP contribution in [0.5, 0.6) is 0 Å². The summed E-state index contributed by atoms with van der Waals surface area (Å²) in [4.78, 5) is 22.2. The number of H-pyrrole nitrogens is 1. The average Bonchev–Trinajstić information content (AvgIpc) is 2.72. The molecule has 0 saturated carbocycles. The van der Waals surface area contributed by atoms with Gasteiger partial charge in [0.2, 0.25) is 0 Å². The summed E-state index contributed by atoms with van der Waals surface area (Å²) in [7, 11) is 0. The summed E-state index contributed by atoms with van der Waals surface area (Å²) in [6, 6.07) is 7.90. The first kappa shape index (κ1) is 12.1. The quantitative estimate of drug-likeness (QED) is 0.733. The van der Waals surface area contributed by atoms with Gasteiger partial charge < -0.3 is 15.4 Å². The third kappa shape index (κ3) is 2.33. The smallest absolute Gasteiger partial charge is 0.361 e. The molecule has 1 aromatic heterocycles. The minimum absolute atomic E-state index is 0.0780. The van der Waals surface area contributed by atoms with Crippen molar-refractivity contribution in [2.24, 2.45) is 5.73 Å². The SMILES string of the molecule is NC(Cc1c(-c2ccccc2)[nH]oc1=O)C(=O)O. The summed E-state index contributed by atoms with van der Waals surface area (Å²) < 4.78 is 4.70. The van der Waals surface area contributed by atoms with Gasteiger partial charge in [0.1, 0.15) is 6.04 Å². The molecular formula is C12H12N2O4. The summed E-state index contributed by atoms with van der Waals surface area (Å²) in [6.45, 7) is 0. The van der Waals surface area contributed by atoms with E-state index in [0.29, 0.717) is 5.69 Å². The summed E-state index contributed by atoms with van der Waals surface area (Å²) in [5.74, 6) is -1.16. The molecule has 4 N–H and O–H groups in total. The molecular weight excluding hydrogens is 236 g/mol. The lowest BCUT2D eigenvalue weighted by atomic mass is 10.0. The van der Waals surface area contributed by atoms with Gasteiger partial charge in [0.05, 0.1) is 11.3 Å². The zero-order valence-electron chi connectivity index (χ0n) is 9.42. The molecule has 1 unspecified atom stereocenters. The van der Waals surface area contributed by atoms with E-state index in [1.54, 1.807) is 12.1 Å². The van der Waals surface area contributed by atoms with Gasteiger partial charge in [-0.1, -0.05) is 30.3 Å². The van der Waals surface area contributed by atoms with Crippen LogP contribution in [0.25, 0.3) is 11.3 Å². The molecule has 0 aliphatic rings. The van der Waals surface area contributed by atoms with E-state index in [4.69, 9.17) is 15.4 Å². The molecule has 0 fully saturated rings. The Morgan fingerprint density at radius 1 is 1.39 bits per heavy atom. The molecule has 0 saturated heterocycles. The van der Waals surface area contributed by atoms with Crippen molar-refractivity contribution in [2.75, 3.05) is 0 Å². The van der Waals surface area contributed by atoms with Crippen molar-refractivity contribution in [3.05, 3.63) is 46.3 Å². The number of benzene rings is 1. The minimum atomic E-state index is -1.16. The molecule has 1 heterocycles. The van der Waals surface area contributed by atoms with Gasteiger partial charge >= 0.3 is 11.6 Å². The first-order valence-electron chi connectivity index (χ1n) is 5.33. The predicted molar refractivity (Wildman–Crippen MR) is 64.1 cm³/mol. The summed E-state index contributed by atoms with van der Waals surface area (Å²) >= 11 is 0. The Labute approximate surface area is 102 Å². The second-order valence-electron chi connectivity index (χ2n) is 3.86. The van der Waals surface area contributed by atoms with E-state index < -0.39 is 17.6 Å². The fourth-order valence-corrected chi connectivity index (χ4v) is 1.65. The van der Waals surface area contributed by atoms with E-state index in [9.17, 15) is 9.59 Å². The highest BCUT2D eigenvalue weighted by molar-refractivity contribution is 5.74. The third-order valence-electron chi connectivity index (χ3n) is 2.60. The zero-order valence-corrected chi connectivity index (χ0v) is 9.42. The highest BCUT2D eigenvalue weighted by Gasteiger charge is 2.20. The number of nitrogens with one attached hydrogen (secondary N) is 1. The summed E-state index contributed by atoms with van der Waals surface area (Å²) in [6.07, 6.45) is -0.0780. The van der Waals surface area contributed by atoms with E-state index in [2.05, 4.69) is 5.16 Å². The van der Waals surface area contributed by atoms with Crippen LogP contribution in [0, 0.1) is 0 Å². The van der Waals surface area contributed by atoms with Crippen LogP contribution in [0.15, 0.2) is 39.6 Å². The molecule has 6 heteroatoms. The third-order valence-corrected chi connectivity index (χ3v) is 2.60. The van der Waals surface area contributed by atoms with Crippen LogP contribution in [-0.2, 0) is 11.2 Å². The van der Waals surface area contributed by atoms with Crippen molar-refractivity contribution in [1.29, 1.82) is 0 Å². The largest absolute Gasteiger partial charge is 0.480 e. The molecule has 2 aromatic rings. The van der Waals surface area contributed by atoms with Gasteiger partial charge in [0, 0.05) is 12.0 Å². The molecule has 0 aliphatic heterocycles. The Bertz CT molecular complexity index is 600. The number of aromatic amines is 1. The number of hydrogen-bond donors (Lipinski definition) is 3. The number of carboxylic acids is 1. The first-order valence-corrected chi connectivity index (χ1v) is 5.33. The second kappa shape index (κ2) is 4.89. The molecule has 0 radical (unpaired) electrons. The topological polar surface area (TPSA) is 109 Å². The van der Waals surface area contributed by atoms with Crippen LogP contribution in [0.1, 0.15) is 5.56 Å². The summed E-state index contributed by atoms with van der Waals surface area (Å²) in [5, 5.41) is 11.3. The van der Waals surface area contributed by atoms with Gasteiger partial charge in [-0.25, -0.2) is 9.95 Å². The Hall–Kier alpha value is -2.34. The Morgan fingerprint density at radius 3 is 2.67 bits per heavy atom. The molecule has 0 spiro atoms. The van der Waals surface area contributed by atoms with Gasteiger partial charge in [-0.3, -0.25) is 4.79 Å². The number of aliphatic carboxylic acids is 1. The fraction of sp³-hybridized carbons (Fsp3) is 0.167. The fourth-order valence-electron chi connectivity index (χ4n) is 1.65. The van der Waals surface area contributed by atoms with Crippen molar-refractivity contribution in [2.45, 2.75) is 12.5 Å². The molecule has 18 heavy (non-hydrogen) atoms. The normalized spacial score (nSPS) is 12.3. The summed E-state index contributed by atoms with van der Waals surface area (Å²) in [5.41, 5.74) is 6.30. The first-order chi connectivity index (χ1) is 8.59. The van der Waals surface area contributed by atoms with Crippen molar-refractivity contribution in [3.8, 4) is 11.3 Å². The van der Waals surface area contributed by atoms with E-state index >= 15 is 0 Å². The van der Waals surface area contributed by atoms with Crippen LogP contribution in [0.3, 0.4) is 0 Å². The maximum absolute atomic E-state index is 11.5. The highest BCUT2D eigenvalue weighted by atomic mass is 16.5.